The quantitative estimate of drug-likeness (QED) is 0.569. The lowest BCUT2D eigenvalue weighted by atomic mass is 9.98. The van der Waals surface area contributed by atoms with E-state index < -0.39 is 26.4 Å². The van der Waals surface area contributed by atoms with Gasteiger partial charge in [-0.25, -0.2) is 17.2 Å². The molecule has 0 unspecified atom stereocenters. The molecule has 8 heteroatoms. The minimum absolute atomic E-state index is 0.151. The van der Waals surface area contributed by atoms with Crippen molar-refractivity contribution >= 4 is 25.8 Å². The van der Waals surface area contributed by atoms with E-state index in [0.29, 0.717) is 22.6 Å². The van der Waals surface area contributed by atoms with Crippen LogP contribution < -0.4 is 0 Å². The van der Waals surface area contributed by atoms with Crippen molar-refractivity contribution in [2.24, 2.45) is 0 Å². The van der Waals surface area contributed by atoms with Crippen LogP contribution in [0.3, 0.4) is 0 Å². The van der Waals surface area contributed by atoms with Gasteiger partial charge in [-0.2, -0.15) is 0 Å². The van der Waals surface area contributed by atoms with Crippen LogP contribution in [0.2, 0.25) is 0 Å². The van der Waals surface area contributed by atoms with Gasteiger partial charge in [0.25, 0.3) is 0 Å². The molecule has 3 rings (SSSR count). The van der Waals surface area contributed by atoms with Gasteiger partial charge in [-0.1, -0.05) is 33.2 Å². The van der Waals surface area contributed by atoms with Crippen LogP contribution in [0.15, 0.2) is 44.2 Å². The lowest BCUT2D eigenvalue weighted by Crippen LogP contribution is -2.05. The second-order valence-electron chi connectivity index (χ2n) is 5.97. The number of nitrogens with zero attached hydrogens (tertiary/aromatic N) is 1. The highest BCUT2D eigenvalue weighted by Crippen LogP contribution is 2.37. The SMILES string of the molecule is Cc1ccc(-c2noc(C)c2-c2cc(F)c(S(C)(=O)=O)c(F)c2)cc1Br. The zero-order valence-electron chi connectivity index (χ0n) is 14.1. The standard InChI is InChI=1S/C18H14BrF2NO3S/c1-9-4-5-11(6-13(9)19)17-16(10(2)25-22-17)12-7-14(20)18(15(21)8-12)26(3,23)24/h4-8H,1-3H3. The molecule has 0 saturated carbocycles. The smallest absolute Gasteiger partial charge is 0.181 e. The topological polar surface area (TPSA) is 60.2 Å². The van der Waals surface area contributed by atoms with Crippen LogP contribution in [0, 0.1) is 25.5 Å². The van der Waals surface area contributed by atoms with Crippen molar-refractivity contribution < 1.29 is 21.7 Å². The first-order valence-corrected chi connectivity index (χ1v) is 10.2. The molecule has 0 radical (unpaired) electrons. The predicted octanol–water partition coefficient (Wildman–Crippen LogP) is 5.07. The van der Waals surface area contributed by atoms with Gasteiger partial charge in [-0.05, 0) is 43.2 Å². The predicted molar refractivity (Wildman–Crippen MR) is 97.6 cm³/mol. The zero-order chi connectivity index (χ0) is 19.2. The van der Waals surface area contributed by atoms with Crippen LogP contribution in [0.25, 0.3) is 22.4 Å². The fourth-order valence-electron chi connectivity index (χ4n) is 2.71. The summed E-state index contributed by atoms with van der Waals surface area (Å²) in [6.07, 6.45) is 0.758. The molecule has 0 fully saturated rings. The first-order valence-electron chi connectivity index (χ1n) is 7.52. The largest absolute Gasteiger partial charge is 0.360 e. The average Bonchev–Trinajstić information content (AvgIpc) is 2.89. The maximum Gasteiger partial charge on any atom is 0.181 e. The average molecular weight is 442 g/mol. The van der Waals surface area contributed by atoms with Gasteiger partial charge < -0.3 is 4.52 Å². The van der Waals surface area contributed by atoms with E-state index >= 15 is 0 Å². The first-order chi connectivity index (χ1) is 12.1. The molecule has 26 heavy (non-hydrogen) atoms. The molecular weight excluding hydrogens is 428 g/mol. The van der Waals surface area contributed by atoms with Gasteiger partial charge in [-0.3, -0.25) is 0 Å². The summed E-state index contributed by atoms with van der Waals surface area (Å²) in [5.74, 6) is -1.94. The van der Waals surface area contributed by atoms with Gasteiger partial charge in [0.1, 0.15) is 28.0 Å². The summed E-state index contributed by atoms with van der Waals surface area (Å²) >= 11 is 3.44. The van der Waals surface area contributed by atoms with Crippen molar-refractivity contribution in [3.8, 4) is 22.4 Å². The summed E-state index contributed by atoms with van der Waals surface area (Å²) in [5, 5.41) is 4.00. The Bertz CT molecular complexity index is 1100. The first kappa shape index (κ1) is 18.7. The van der Waals surface area contributed by atoms with E-state index in [2.05, 4.69) is 21.1 Å². The molecule has 0 spiro atoms. The molecule has 3 aromatic rings. The van der Waals surface area contributed by atoms with Crippen LogP contribution in [-0.4, -0.2) is 19.8 Å². The van der Waals surface area contributed by atoms with E-state index in [1.54, 1.807) is 6.92 Å². The lowest BCUT2D eigenvalue weighted by Gasteiger charge is -2.08. The summed E-state index contributed by atoms with van der Waals surface area (Å²) < 4.78 is 57.8. The fraction of sp³-hybridized carbons (Fsp3) is 0.167. The van der Waals surface area contributed by atoms with Crippen LogP contribution >= 0.6 is 15.9 Å². The highest BCUT2D eigenvalue weighted by Gasteiger charge is 2.24. The number of benzene rings is 2. The summed E-state index contributed by atoms with van der Waals surface area (Å²) in [4.78, 5) is -0.949. The van der Waals surface area contributed by atoms with Crippen molar-refractivity contribution in [3.05, 3.63) is 57.8 Å². The molecule has 136 valence electrons. The molecule has 0 amide bonds. The molecule has 0 aliphatic heterocycles. The number of hydrogen-bond acceptors (Lipinski definition) is 4. The molecular formula is C18H14BrF2NO3S. The van der Waals surface area contributed by atoms with E-state index in [1.807, 2.05) is 25.1 Å². The maximum absolute atomic E-state index is 14.3. The minimum atomic E-state index is -4.03. The van der Waals surface area contributed by atoms with Gasteiger partial charge in [-0.15, -0.1) is 0 Å². The van der Waals surface area contributed by atoms with Crippen molar-refractivity contribution in [3.63, 3.8) is 0 Å². The van der Waals surface area contributed by atoms with E-state index in [1.165, 1.54) is 0 Å². The number of sulfone groups is 1. The Kier molecular flexibility index (Phi) is 4.74. The molecule has 0 aliphatic carbocycles. The van der Waals surface area contributed by atoms with E-state index in [4.69, 9.17) is 4.52 Å². The number of aromatic nitrogens is 1. The Hall–Kier alpha value is -2.06. The van der Waals surface area contributed by atoms with Crippen molar-refractivity contribution in [2.75, 3.05) is 6.26 Å². The Morgan fingerprint density at radius 1 is 1.04 bits per heavy atom. The second-order valence-corrected chi connectivity index (χ2v) is 8.77. The Morgan fingerprint density at radius 2 is 1.65 bits per heavy atom. The van der Waals surface area contributed by atoms with Gasteiger partial charge >= 0.3 is 0 Å². The Labute approximate surface area is 157 Å². The van der Waals surface area contributed by atoms with E-state index in [9.17, 15) is 17.2 Å². The fourth-order valence-corrected chi connectivity index (χ4v) is 3.91. The lowest BCUT2D eigenvalue weighted by molar-refractivity contribution is 0.400. The normalized spacial score (nSPS) is 11.8. The maximum atomic E-state index is 14.3. The molecule has 0 saturated heterocycles. The van der Waals surface area contributed by atoms with E-state index in [-0.39, 0.29) is 5.56 Å². The molecule has 1 heterocycles. The summed E-state index contributed by atoms with van der Waals surface area (Å²) in [5.41, 5.74) is 2.68. The van der Waals surface area contributed by atoms with Crippen molar-refractivity contribution in [2.45, 2.75) is 18.7 Å². The third-order valence-corrected chi connectivity index (χ3v) is 5.95. The number of aryl methyl sites for hydroxylation is 2. The summed E-state index contributed by atoms with van der Waals surface area (Å²) in [6, 6.07) is 7.48. The van der Waals surface area contributed by atoms with Crippen LogP contribution in [0.4, 0.5) is 8.78 Å². The van der Waals surface area contributed by atoms with E-state index in [0.717, 1.165) is 28.4 Å². The highest BCUT2D eigenvalue weighted by molar-refractivity contribution is 9.10. The molecule has 0 N–H and O–H groups in total. The van der Waals surface area contributed by atoms with Crippen molar-refractivity contribution in [1.29, 1.82) is 0 Å². The molecule has 2 aromatic carbocycles. The van der Waals surface area contributed by atoms with Crippen molar-refractivity contribution in [1.82, 2.24) is 5.16 Å². The Morgan fingerprint density at radius 3 is 2.19 bits per heavy atom. The van der Waals surface area contributed by atoms with Crippen LogP contribution in [0.1, 0.15) is 11.3 Å². The van der Waals surface area contributed by atoms with Gasteiger partial charge in [0, 0.05) is 16.3 Å². The van der Waals surface area contributed by atoms with Crippen LogP contribution in [0.5, 0.6) is 0 Å². The third kappa shape index (κ3) is 3.31. The number of rotatable bonds is 3. The number of halogens is 3. The molecule has 4 nitrogen and oxygen atoms in total. The monoisotopic (exact) mass is 441 g/mol. The second kappa shape index (κ2) is 6.59. The summed E-state index contributed by atoms with van der Waals surface area (Å²) in [7, 11) is -4.03. The molecule has 0 bridgehead atoms. The molecule has 1 aromatic heterocycles. The van der Waals surface area contributed by atoms with Gasteiger partial charge in [0.2, 0.25) is 0 Å². The van der Waals surface area contributed by atoms with Gasteiger partial charge in [0.05, 0.1) is 5.56 Å². The van der Waals surface area contributed by atoms with Crippen LogP contribution in [-0.2, 0) is 9.84 Å². The zero-order valence-corrected chi connectivity index (χ0v) is 16.5. The highest BCUT2D eigenvalue weighted by atomic mass is 79.9. The Balaban J connectivity index is 2.23. The third-order valence-electron chi connectivity index (χ3n) is 3.97. The number of hydrogen-bond donors (Lipinski definition) is 0. The molecule has 0 atom stereocenters. The summed E-state index contributed by atoms with van der Waals surface area (Å²) in [6.45, 7) is 3.55. The molecule has 0 aliphatic rings. The van der Waals surface area contributed by atoms with Gasteiger partial charge in [0.15, 0.2) is 9.84 Å². The minimum Gasteiger partial charge on any atom is -0.360 e.